The molecule has 2 rings (SSSR count). The lowest BCUT2D eigenvalue weighted by Gasteiger charge is -2.09. The average Bonchev–Trinajstić information content (AvgIpc) is 2.84. The van der Waals surface area contributed by atoms with Gasteiger partial charge in [0.05, 0.1) is 4.47 Å². The molecule has 1 nitrogen and oxygen atoms in total. The predicted molar refractivity (Wildman–Crippen MR) is 55.5 cm³/mol. The van der Waals surface area contributed by atoms with Crippen LogP contribution < -0.4 is 5.32 Å². The smallest absolute Gasteiger partial charge is 0.137 e. The first-order chi connectivity index (χ1) is 6.16. The molecule has 13 heavy (non-hydrogen) atoms. The molecule has 1 fully saturated rings. The monoisotopic (exact) mass is 243 g/mol. The summed E-state index contributed by atoms with van der Waals surface area (Å²) in [6, 6.07) is 3.97. The number of halogens is 2. The lowest BCUT2D eigenvalue weighted by molar-refractivity contribution is 0.620. The van der Waals surface area contributed by atoms with Crippen molar-refractivity contribution in [1.82, 2.24) is 0 Å². The zero-order valence-corrected chi connectivity index (χ0v) is 8.99. The molecule has 1 aromatic rings. The Kier molecular flexibility index (Phi) is 2.28. The van der Waals surface area contributed by atoms with E-state index >= 15 is 0 Å². The van der Waals surface area contributed by atoms with Crippen LogP contribution in [0.25, 0.3) is 0 Å². The number of benzene rings is 1. The SMILES string of the molecule is Cc1cc(F)c(Br)cc1NC1CC1. The summed E-state index contributed by atoms with van der Waals surface area (Å²) in [6.07, 6.45) is 2.46. The molecule has 0 saturated heterocycles. The molecule has 0 unspecified atom stereocenters. The van der Waals surface area contributed by atoms with Crippen LogP contribution >= 0.6 is 15.9 Å². The van der Waals surface area contributed by atoms with Crippen molar-refractivity contribution in [2.75, 3.05) is 5.32 Å². The molecule has 1 N–H and O–H groups in total. The Morgan fingerprint density at radius 2 is 2.15 bits per heavy atom. The van der Waals surface area contributed by atoms with Gasteiger partial charge in [-0.25, -0.2) is 4.39 Å². The van der Waals surface area contributed by atoms with Crippen LogP contribution in [0.2, 0.25) is 0 Å². The Balaban J connectivity index is 2.27. The average molecular weight is 244 g/mol. The summed E-state index contributed by atoms with van der Waals surface area (Å²) < 4.78 is 13.6. The maximum absolute atomic E-state index is 13.0. The maximum atomic E-state index is 13.0. The second kappa shape index (κ2) is 3.29. The van der Waals surface area contributed by atoms with Crippen molar-refractivity contribution in [2.24, 2.45) is 0 Å². The predicted octanol–water partition coefficient (Wildman–Crippen LogP) is 3.47. The topological polar surface area (TPSA) is 12.0 Å². The third-order valence-electron chi connectivity index (χ3n) is 2.20. The van der Waals surface area contributed by atoms with Crippen LogP contribution in [0.5, 0.6) is 0 Å². The van der Waals surface area contributed by atoms with E-state index in [2.05, 4.69) is 21.2 Å². The summed E-state index contributed by atoms with van der Waals surface area (Å²) in [5.74, 6) is -0.196. The largest absolute Gasteiger partial charge is 0.382 e. The van der Waals surface area contributed by atoms with Gasteiger partial charge in [0, 0.05) is 11.7 Å². The Labute approximate surface area is 85.5 Å². The normalized spacial score (nSPS) is 15.9. The first kappa shape index (κ1) is 9.00. The zero-order valence-electron chi connectivity index (χ0n) is 7.40. The molecule has 0 atom stereocenters. The molecule has 0 aromatic heterocycles. The first-order valence-corrected chi connectivity index (χ1v) is 5.18. The molecule has 1 aliphatic rings. The van der Waals surface area contributed by atoms with Gasteiger partial charge in [-0.3, -0.25) is 0 Å². The molecule has 1 saturated carbocycles. The zero-order chi connectivity index (χ0) is 9.42. The highest BCUT2D eigenvalue weighted by Crippen LogP contribution is 2.29. The molecule has 0 heterocycles. The molecule has 0 radical (unpaired) electrons. The number of hydrogen-bond acceptors (Lipinski definition) is 1. The summed E-state index contributed by atoms with van der Waals surface area (Å²) in [5, 5.41) is 3.36. The first-order valence-electron chi connectivity index (χ1n) is 4.39. The molecule has 0 spiro atoms. The molecular weight excluding hydrogens is 233 g/mol. The second-order valence-corrected chi connectivity index (χ2v) is 4.35. The van der Waals surface area contributed by atoms with Crippen molar-refractivity contribution >= 4 is 21.6 Å². The lowest BCUT2D eigenvalue weighted by atomic mass is 10.2. The Hall–Kier alpha value is -0.570. The van der Waals surface area contributed by atoms with Gasteiger partial charge in [-0.1, -0.05) is 0 Å². The summed E-state index contributed by atoms with van der Waals surface area (Å²) in [7, 11) is 0. The summed E-state index contributed by atoms with van der Waals surface area (Å²) in [6.45, 7) is 1.92. The van der Waals surface area contributed by atoms with Crippen molar-refractivity contribution in [3.63, 3.8) is 0 Å². The minimum atomic E-state index is -0.196. The van der Waals surface area contributed by atoms with Gasteiger partial charge in [-0.05, 0) is 53.4 Å². The summed E-state index contributed by atoms with van der Waals surface area (Å²) in [4.78, 5) is 0. The van der Waals surface area contributed by atoms with Gasteiger partial charge in [0.2, 0.25) is 0 Å². The van der Waals surface area contributed by atoms with E-state index in [4.69, 9.17) is 0 Å². The number of anilines is 1. The highest BCUT2D eigenvalue weighted by atomic mass is 79.9. The van der Waals surface area contributed by atoms with Gasteiger partial charge in [-0.15, -0.1) is 0 Å². The van der Waals surface area contributed by atoms with E-state index in [9.17, 15) is 4.39 Å². The Morgan fingerprint density at radius 3 is 2.77 bits per heavy atom. The van der Waals surface area contributed by atoms with Crippen molar-refractivity contribution < 1.29 is 4.39 Å². The number of hydrogen-bond donors (Lipinski definition) is 1. The number of aryl methyl sites for hydroxylation is 1. The van der Waals surface area contributed by atoms with Crippen LogP contribution in [-0.2, 0) is 0 Å². The van der Waals surface area contributed by atoms with Gasteiger partial charge in [0.1, 0.15) is 5.82 Å². The van der Waals surface area contributed by atoms with Crippen molar-refractivity contribution in [2.45, 2.75) is 25.8 Å². The van der Waals surface area contributed by atoms with Crippen molar-refractivity contribution in [1.29, 1.82) is 0 Å². The fourth-order valence-electron chi connectivity index (χ4n) is 1.25. The van der Waals surface area contributed by atoms with Crippen LogP contribution in [-0.4, -0.2) is 6.04 Å². The molecule has 1 aliphatic carbocycles. The van der Waals surface area contributed by atoms with E-state index in [1.165, 1.54) is 12.8 Å². The standard InChI is InChI=1S/C10H11BrFN/c1-6-4-9(12)8(11)5-10(6)13-7-2-3-7/h4-5,7,13H,2-3H2,1H3. The lowest BCUT2D eigenvalue weighted by Crippen LogP contribution is -2.02. The maximum Gasteiger partial charge on any atom is 0.137 e. The van der Waals surface area contributed by atoms with Gasteiger partial charge in [0.25, 0.3) is 0 Å². The van der Waals surface area contributed by atoms with Crippen LogP contribution in [0.4, 0.5) is 10.1 Å². The van der Waals surface area contributed by atoms with E-state index in [-0.39, 0.29) is 5.82 Å². The highest BCUT2D eigenvalue weighted by molar-refractivity contribution is 9.10. The fourth-order valence-corrected chi connectivity index (χ4v) is 1.59. The van der Waals surface area contributed by atoms with Gasteiger partial charge in [-0.2, -0.15) is 0 Å². The summed E-state index contributed by atoms with van der Waals surface area (Å²) >= 11 is 3.18. The molecule has 0 amide bonds. The molecule has 0 aliphatic heterocycles. The quantitative estimate of drug-likeness (QED) is 0.839. The minimum absolute atomic E-state index is 0.196. The third-order valence-corrected chi connectivity index (χ3v) is 2.81. The molecule has 1 aromatic carbocycles. The van der Waals surface area contributed by atoms with Crippen molar-refractivity contribution in [3.05, 3.63) is 28.0 Å². The van der Waals surface area contributed by atoms with E-state index in [1.807, 2.05) is 13.0 Å². The second-order valence-electron chi connectivity index (χ2n) is 3.50. The fraction of sp³-hybridized carbons (Fsp3) is 0.400. The number of rotatable bonds is 2. The molecule has 70 valence electrons. The van der Waals surface area contributed by atoms with Crippen LogP contribution in [0.1, 0.15) is 18.4 Å². The van der Waals surface area contributed by atoms with Gasteiger partial charge in [0.15, 0.2) is 0 Å². The third kappa shape index (κ3) is 2.02. The molecular formula is C10H11BrFN. The minimum Gasteiger partial charge on any atom is -0.382 e. The molecule has 0 bridgehead atoms. The highest BCUT2D eigenvalue weighted by Gasteiger charge is 2.21. The van der Waals surface area contributed by atoms with E-state index < -0.39 is 0 Å². The number of nitrogens with one attached hydrogen (secondary N) is 1. The van der Waals surface area contributed by atoms with Gasteiger partial charge < -0.3 is 5.32 Å². The Morgan fingerprint density at radius 1 is 1.46 bits per heavy atom. The van der Waals surface area contributed by atoms with Crippen molar-refractivity contribution in [3.8, 4) is 0 Å². The van der Waals surface area contributed by atoms with E-state index in [0.29, 0.717) is 10.5 Å². The van der Waals surface area contributed by atoms with E-state index in [0.717, 1.165) is 11.3 Å². The van der Waals surface area contributed by atoms with Crippen LogP contribution in [0.3, 0.4) is 0 Å². The van der Waals surface area contributed by atoms with E-state index in [1.54, 1.807) is 6.07 Å². The van der Waals surface area contributed by atoms with Crippen LogP contribution in [0.15, 0.2) is 16.6 Å². The van der Waals surface area contributed by atoms with Gasteiger partial charge >= 0.3 is 0 Å². The van der Waals surface area contributed by atoms with Crippen LogP contribution in [0, 0.1) is 12.7 Å². The Bertz CT molecular complexity index is 334. The molecule has 3 heteroatoms. The summed E-state index contributed by atoms with van der Waals surface area (Å²) in [5.41, 5.74) is 2.00.